The molecule has 0 radical (unpaired) electrons. The molecule has 21 heavy (non-hydrogen) atoms. The SMILES string of the molecule is C=Cc1cc(-n2ccncc2=O)cc(C(C)(C)C)c1OC. The number of hydrogen-bond donors (Lipinski definition) is 0. The Morgan fingerprint density at radius 3 is 2.57 bits per heavy atom. The summed E-state index contributed by atoms with van der Waals surface area (Å²) >= 11 is 0. The fraction of sp³-hybridized carbons (Fsp3) is 0.294. The maximum atomic E-state index is 12.0. The van der Waals surface area contributed by atoms with Crippen molar-refractivity contribution in [2.75, 3.05) is 7.11 Å². The van der Waals surface area contributed by atoms with Crippen molar-refractivity contribution in [3.8, 4) is 11.4 Å². The molecule has 4 heteroatoms. The molecule has 0 fully saturated rings. The number of benzene rings is 1. The average molecular weight is 284 g/mol. The average Bonchev–Trinajstić information content (AvgIpc) is 2.45. The third-order valence-corrected chi connectivity index (χ3v) is 3.34. The molecule has 2 rings (SSSR count). The highest BCUT2D eigenvalue weighted by molar-refractivity contribution is 5.64. The van der Waals surface area contributed by atoms with Crippen LogP contribution in [0.15, 0.2) is 42.1 Å². The van der Waals surface area contributed by atoms with E-state index in [0.717, 1.165) is 22.6 Å². The lowest BCUT2D eigenvalue weighted by Gasteiger charge is -2.24. The maximum Gasteiger partial charge on any atom is 0.273 e. The Balaban J connectivity index is 2.79. The van der Waals surface area contributed by atoms with Crippen LogP contribution < -0.4 is 10.3 Å². The van der Waals surface area contributed by atoms with Gasteiger partial charge in [0.15, 0.2) is 0 Å². The van der Waals surface area contributed by atoms with Crippen LogP contribution in [0.4, 0.5) is 0 Å². The summed E-state index contributed by atoms with van der Waals surface area (Å²) in [7, 11) is 1.65. The minimum absolute atomic E-state index is 0.115. The van der Waals surface area contributed by atoms with Crippen LogP contribution in [0.3, 0.4) is 0 Å². The summed E-state index contributed by atoms with van der Waals surface area (Å²) in [6, 6.07) is 3.87. The van der Waals surface area contributed by atoms with Crippen LogP contribution in [0.25, 0.3) is 11.8 Å². The summed E-state index contributed by atoms with van der Waals surface area (Å²) in [5.74, 6) is 0.795. The minimum Gasteiger partial charge on any atom is -0.496 e. The highest BCUT2D eigenvalue weighted by atomic mass is 16.5. The van der Waals surface area contributed by atoms with Crippen molar-refractivity contribution in [1.29, 1.82) is 0 Å². The van der Waals surface area contributed by atoms with Crippen LogP contribution in [0.1, 0.15) is 31.9 Å². The van der Waals surface area contributed by atoms with E-state index in [1.54, 1.807) is 30.1 Å². The Kier molecular flexibility index (Phi) is 3.98. The smallest absolute Gasteiger partial charge is 0.273 e. The van der Waals surface area contributed by atoms with Crippen molar-refractivity contribution in [3.63, 3.8) is 0 Å². The molecule has 0 bridgehead atoms. The second-order valence-electron chi connectivity index (χ2n) is 5.85. The van der Waals surface area contributed by atoms with Gasteiger partial charge >= 0.3 is 0 Å². The van der Waals surface area contributed by atoms with Gasteiger partial charge in [-0.1, -0.05) is 33.4 Å². The highest BCUT2D eigenvalue weighted by Crippen LogP contribution is 2.36. The summed E-state index contributed by atoms with van der Waals surface area (Å²) in [5.41, 5.74) is 2.39. The highest BCUT2D eigenvalue weighted by Gasteiger charge is 2.22. The standard InChI is InChI=1S/C17H20N2O2/c1-6-12-9-13(19-8-7-18-11-15(19)20)10-14(16(12)21-5)17(2,3)4/h6-11H,1H2,2-5H3. The first kappa shape index (κ1) is 15.0. The van der Waals surface area contributed by atoms with Crippen LogP contribution in [0.5, 0.6) is 5.75 Å². The summed E-state index contributed by atoms with van der Waals surface area (Å²) in [6.07, 6.45) is 6.29. The van der Waals surface area contributed by atoms with Crippen LogP contribution in [-0.2, 0) is 5.41 Å². The molecule has 0 atom stereocenters. The van der Waals surface area contributed by atoms with Gasteiger partial charge in [0.1, 0.15) is 5.75 Å². The third-order valence-electron chi connectivity index (χ3n) is 3.34. The van der Waals surface area contributed by atoms with Gasteiger partial charge in [0.05, 0.1) is 13.3 Å². The first-order valence-electron chi connectivity index (χ1n) is 6.76. The minimum atomic E-state index is -0.169. The van der Waals surface area contributed by atoms with Crippen molar-refractivity contribution in [1.82, 2.24) is 9.55 Å². The monoisotopic (exact) mass is 284 g/mol. The van der Waals surface area contributed by atoms with E-state index in [4.69, 9.17) is 4.74 Å². The van der Waals surface area contributed by atoms with E-state index >= 15 is 0 Å². The lowest BCUT2D eigenvalue weighted by atomic mass is 9.84. The summed E-state index contributed by atoms with van der Waals surface area (Å²) in [5, 5.41) is 0. The lowest BCUT2D eigenvalue weighted by Crippen LogP contribution is -2.19. The van der Waals surface area contributed by atoms with E-state index < -0.39 is 0 Å². The van der Waals surface area contributed by atoms with Crippen molar-refractivity contribution >= 4 is 6.08 Å². The zero-order valence-electron chi connectivity index (χ0n) is 12.9. The van der Waals surface area contributed by atoms with Gasteiger partial charge in [-0.15, -0.1) is 0 Å². The van der Waals surface area contributed by atoms with Gasteiger partial charge in [-0.25, -0.2) is 0 Å². The Labute approximate surface area is 124 Å². The maximum absolute atomic E-state index is 12.0. The first-order chi connectivity index (χ1) is 9.88. The zero-order chi connectivity index (χ0) is 15.6. The van der Waals surface area contributed by atoms with Crippen LogP contribution >= 0.6 is 0 Å². The second-order valence-corrected chi connectivity index (χ2v) is 5.85. The fourth-order valence-electron chi connectivity index (χ4n) is 2.27. The topological polar surface area (TPSA) is 44.1 Å². The molecule has 1 aromatic heterocycles. The number of nitrogens with zero attached hydrogens (tertiary/aromatic N) is 2. The summed E-state index contributed by atoms with van der Waals surface area (Å²) in [4.78, 5) is 15.8. The van der Waals surface area contributed by atoms with Gasteiger partial charge < -0.3 is 4.74 Å². The first-order valence-corrected chi connectivity index (χ1v) is 6.76. The molecule has 0 unspecified atom stereocenters. The van der Waals surface area contributed by atoms with Crippen LogP contribution in [0, 0.1) is 0 Å². The predicted octanol–water partition coefficient (Wildman–Crippen LogP) is 3.18. The molecular formula is C17H20N2O2. The van der Waals surface area contributed by atoms with Gasteiger partial charge in [-0.05, 0) is 17.5 Å². The summed E-state index contributed by atoms with van der Waals surface area (Å²) in [6.45, 7) is 10.2. The van der Waals surface area contributed by atoms with Crippen molar-refractivity contribution < 1.29 is 4.74 Å². The summed E-state index contributed by atoms with van der Waals surface area (Å²) < 4.78 is 7.11. The Hall–Kier alpha value is -2.36. The number of methoxy groups -OCH3 is 1. The molecule has 4 nitrogen and oxygen atoms in total. The van der Waals surface area contributed by atoms with Crippen molar-refractivity contribution in [3.05, 3.63) is 58.8 Å². The fourth-order valence-corrected chi connectivity index (χ4v) is 2.27. The van der Waals surface area contributed by atoms with E-state index in [2.05, 4.69) is 32.3 Å². The number of rotatable bonds is 3. The zero-order valence-corrected chi connectivity index (χ0v) is 12.9. The van der Waals surface area contributed by atoms with E-state index in [1.807, 2.05) is 12.1 Å². The number of ether oxygens (including phenoxy) is 1. The van der Waals surface area contributed by atoms with Gasteiger partial charge in [-0.3, -0.25) is 14.3 Å². The molecule has 1 aromatic carbocycles. The molecule has 0 saturated heterocycles. The van der Waals surface area contributed by atoms with Crippen molar-refractivity contribution in [2.45, 2.75) is 26.2 Å². The van der Waals surface area contributed by atoms with E-state index in [9.17, 15) is 4.79 Å². The molecule has 1 heterocycles. The molecule has 0 spiro atoms. The molecule has 0 N–H and O–H groups in total. The van der Waals surface area contributed by atoms with Gasteiger partial charge in [-0.2, -0.15) is 0 Å². The van der Waals surface area contributed by atoms with Crippen LogP contribution in [-0.4, -0.2) is 16.7 Å². The van der Waals surface area contributed by atoms with E-state index in [0.29, 0.717) is 0 Å². The molecular weight excluding hydrogens is 264 g/mol. The number of aromatic nitrogens is 2. The van der Waals surface area contributed by atoms with Crippen LogP contribution in [0.2, 0.25) is 0 Å². The second kappa shape index (κ2) is 5.56. The molecule has 0 amide bonds. The molecule has 0 aliphatic rings. The molecule has 0 aliphatic carbocycles. The lowest BCUT2D eigenvalue weighted by molar-refractivity contribution is 0.396. The Morgan fingerprint density at radius 1 is 1.33 bits per heavy atom. The third kappa shape index (κ3) is 2.89. The predicted molar refractivity (Wildman–Crippen MR) is 85.2 cm³/mol. The molecule has 0 aliphatic heterocycles. The molecule has 2 aromatic rings. The number of hydrogen-bond acceptors (Lipinski definition) is 3. The van der Waals surface area contributed by atoms with Crippen molar-refractivity contribution in [2.24, 2.45) is 0 Å². The Morgan fingerprint density at radius 2 is 2.05 bits per heavy atom. The van der Waals surface area contributed by atoms with Gasteiger partial charge in [0.2, 0.25) is 0 Å². The van der Waals surface area contributed by atoms with E-state index in [1.165, 1.54) is 6.20 Å². The van der Waals surface area contributed by atoms with E-state index in [-0.39, 0.29) is 11.0 Å². The van der Waals surface area contributed by atoms with Gasteiger partial charge in [0.25, 0.3) is 5.56 Å². The molecule has 0 saturated carbocycles. The molecule has 110 valence electrons. The van der Waals surface area contributed by atoms with Gasteiger partial charge in [0, 0.05) is 29.2 Å². The quantitative estimate of drug-likeness (QED) is 0.869. The largest absolute Gasteiger partial charge is 0.496 e. The Bertz CT molecular complexity index is 724. The normalized spacial score (nSPS) is 11.2.